The number of amides is 1. The molecule has 1 aromatic rings. The van der Waals surface area contributed by atoms with Crippen LogP contribution in [0.2, 0.25) is 0 Å². The summed E-state index contributed by atoms with van der Waals surface area (Å²) in [5, 5.41) is 0. The second-order valence-corrected chi connectivity index (χ2v) is 4.91. The first-order chi connectivity index (χ1) is 8.18. The molecule has 1 amide bonds. The van der Waals surface area contributed by atoms with E-state index in [1.807, 2.05) is 24.9 Å². The zero-order chi connectivity index (χ0) is 12.3. The third-order valence-corrected chi connectivity index (χ3v) is 3.23. The summed E-state index contributed by atoms with van der Waals surface area (Å²) in [6.45, 7) is 5.58. The number of carbonyl (C=O) groups excluding carboxylic acids is 1. The number of carbonyl (C=O) groups is 1. The highest BCUT2D eigenvalue weighted by Crippen LogP contribution is 2.25. The van der Waals surface area contributed by atoms with Crippen molar-refractivity contribution in [1.29, 1.82) is 0 Å². The number of aromatic nitrogens is 2. The van der Waals surface area contributed by atoms with Gasteiger partial charge in [0.15, 0.2) is 0 Å². The molecule has 0 spiro atoms. The molecule has 1 fully saturated rings. The van der Waals surface area contributed by atoms with Crippen molar-refractivity contribution in [3.63, 3.8) is 0 Å². The molecule has 1 aliphatic rings. The van der Waals surface area contributed by atoms with E-state index in [2.05, 4.69) is 9.97 Å². The average molecular weight is 233 g/mol. The average Bonchev–Trinajstić information content (AvgIpc) is 2.39. The molecule has 1 saturated heterocycles. The van der Waals surface area contributed by atoms with Crippen LogP contribution in [0.25, 0.3) is 0 Å². The van der Waals surface area contributed by atoms with Crippen molar-refractivity contribution in [3.05, 3.63) is 24.3 Å². The predicted octanol–water partition coefficient (Wildman–Crippen LogP) is 1.84. The Morgan fingerprint density at radius 2 is 2.29 bits per heavy atom. The number of nitrogens with zero attached hydrogens (tertiary/aromatic N) is 3. The lowest BCUT2D eigenvalue weighted by Crippen LogP contribution is -2.41. The maximum absolute atomic E-state index is 12.0. The van der Waals surface area contributed by atoms with Crippen molar-refractivity contribution in [1.82, 2.24) is 14.9 Å². The van der Waals surface area contributed by atoms with Gasteiger partial charge in [0.25, 0.3) is 0 Å². The number of hydrogen-bond donors (Lipinski definition) is 0. The summed E-state index contributed by atoms with van der Waals surface area (Å²) < 4.78 is 0. The van der Waals surface area contributed by atoms with Gasteiger partial charge in [0.1, 0.15) is 0 Å². The van der Waals surface area contributed by atoms with E-state index < -0.39 is 0 Å². The van der Waals surface area contributed by atoms with Gasteiger partial charge in [-0.05, 0) is 12.8 Å². The van der Waals surface area contributed by atoms with Gasteiger partial charge in [0.05, 0.1) is 5.69 Å². The molecule has 1 atom stereocenters. The molecule has 0 aromatic carbocycles. The van der Waals surface area contributed by atoms with Gasteiger partial charge in [-0.25, -0.2) is 0 Å². The molecule has 17 heavy (non-hydrogen) atoms. The van der Waals surface area contributed by atoms with Crippen LogP contribution in [-0.4, -0.2) is 33.9 Å². The monoisotopic (exact) mass is 233 g/mol. The molecule has 92 valence electrons. The first-order valence-electron chi connectivity index (χ1n) is 6.23. The Bertz CT molecular complexity index is 378. The van der Waals surface area contributed by atoms with Gasteiger partial charge in [0.2, 0.25) is 5.91 Å². The number of rotatable bonds is 2. The molecular weight excluding hydrogens is 214 g/mol. The standard InChI is InChI=1S/C13H19N3O/c1-10(2)13(17)16-7-3-4-11(9-16)12-8-14-5-6-15-12/h5-6,8,10-11H,3-4,7,9H2,1-2H3. The summed E-state index contributed by atoms with van der Waals surface area (Å²) in [7, 11) is 0. The molecule has 2 heterocycles. The van der Waals surface area contributed by atoms with Crippen LogP contribution >= 0.6 is 0 Å². The molecule has 1 unspecified atom stereocenters. The van der Waals surface area contributed by atoms with Gasteiger partial charge in [-0.15, -0.1) is 0 Å². The van der Waals surface area contributed by atoms with Crippen LogP contribution in [0, 0.1) is 5.92 Å². The van der Waals surface area contributed by atoms with Crippen molar-refractivity contribution in [2.75, 3.05) is 13.1 Å². The predicted molar refractivity (Wildman–Crippen MR) is 65.4 cm³/mol. The normalized spacial score (nSPS) is 20.6. The first-order valence-corrected chi connectivity index (χ1v) is 6.23. The molecule has 0 bridgehead atoms. The fraction of sp³-hybridized carbons (Fsp3) is 0.615. The maximum atomic E-state index is 12.0. The summed E-state index contributed by atoms with van der Waals surface area (Å²) in [6, 6.07) is 0. The van der Waals surface area contributed by atoms with Crippen molar-refractivity contribution in [2.45, 2.75) is 32.6 Å². The van der Waals surface area contributed by atoms with Crippen LogP contribution in [0.4, 0.5) is 0 Å². The molecule has 0 radical (unpaired) electrons. The van der Waals surface area contributed by atoms with Crippen LogP contribution in [0.15, 0.2) is 18.6 Å². The maximum Gasteiger partial charge on any atom is 0.225 e. The van der Waals surface area contributed by atoms with Gasteiger partial charge in [0, 0.05) is 43.5 Å². The van der Waals surface area contributed by atoms with Gasteiger partial charge in [-0.1, -0.05) is 13.8 Å². The van der Waals surface area contributed by atoms with Gasteiger partial charge in [-0.2, -0.15) is 0 Å². The summed E-state index contributed by atoms with van der Waals surface area (Å²) in [4.78, 5) is 22.4. The second-order valence-electron chi connectivity index (χ2n) is 4.91. The zero-order valence-corrected chi connectivity index (χ0v) is 10.5. The molecule has 2 rings (SSSR count). The highest BCUT2D eigenvalue weighted by Gasteiger charge is 2.26. The van der Waals surface area contributed by atoms with Gasteiger partial charge >= 0.3 is 0 Å². The fourth-order valence-corrected chi connectivity index (χ4v) is 2.31. The van der Waals surface area contributed by atoms with Crippen LogP contribution in [0.3, 0.4) is 0 Å². The molecule has 1 aliphatic heterocycles. The van der Waals surface area contributed by atoms with Crippen molar-refractivity contribution >= 4 is 5.91 Å². The van der Waals surface area contributed by atoms with E-state index in [-0.39, 0.29) is 11.8 Å². The molecular formula is C13H19N3O. The third-order valence-electron chi connectivity index (χ3n) is 3.23. The summed E-state index contributed by atoms with van der Waals surface area (Å²) in [5.41, 5.74) is 1.01. The van der Waals surface area contributed by atoms with E-state index >= 15 is 0 Å². The Balaban J connectivity index is 2.05. The lowest BCUT2D eigenvalue weighted by Gasteiger charge is -2.33. The topological polar surface area (TPSA) is 46.1 Å². The summed E-state index contributed by atoms with van der Waals surface area (Å²) in [6.07, 6.45) is 7.37. The number of likely N-dealkylation sites (tertiary alicyclic amines) is 1. The van der Waals surface area contributed by atoms with Crippen molar-refractivity contribution < 1.29 is 4.79 Å². The Morgan fingerprint density at radius 3 is 2.94 bits per heavy atom. The quantitative estimate of drug-likeness (QED) is 0.783. The minimum absolute atomic E-state index is 0.0793. The third kappa shape index (κ3) is 2.81. The molecule has 4 heteroatoms. The lowest BCUT2D eigenvalue weighted by molar-refractivity contribution is -0.135. The van der Waals surface area contributed by atoms with Gasteiger partial charge in [-0.3, -0.25) is 14.8 Å². The highest BCUT2D eigenvalue weighted by atomic mass is 16.2. The molecule has 4 nitrogen and oxygen atoms in total. The van der Waals surface area contributed by atoms with Gasteiger partial charge < -0.3 is 4.90 Å². The fourth-order valence-electron chi connectivity index (χ4n) is 2.31. The molecule has 1 aromatic heterocycles. The largest absolute Gasteiger partial charge is 0.342 e. The zero-order valence-electron chi connectivity index (χ0n) is 10.5. The number of piperidine rings is 1. The Hall–Kier alpha value is -1.45. The van der Waals surface area contributed by atoms with Crippen molar-refractivity contribution in [2.24, 2.45) is 5.92 Å². The molecule has 0 saturated carbocycles. The smallest absolute Gasteiger partial charge is 0.225 e. The van der Waals surface area contributed by atoms with Crippen LogP contribution in [-0.2, 0) is 4.79 Å². The van der Waals surface area contributed by atoms with Crippen LogP contribution in [0.5, 0.6) is 0 Å². The second kappa shape index (κ2) is 5.25. The van der Waals surface area contributed by atoms with E-state index in [1.54, 1.807) is 12.4 Å². The van der Waals surface area contributed by atoms with E-state index in [1.165, 1.54) is 0 Å². The Kier molecular flexibility index (Phi) is 3.71. The van der Waals surface area contributed by atoms with E-state index in [4.69, 9.17) is 0 Å². The van der Waals surface area contributed by atoms with Crippen LogP contribution < -0.4 is 0 Å². The molecule has 0 aliphatic carbocycles. The van der Waals surface area contributed by atoms with E-state index in [0.29, 0.717) is 5.92 Å². The first kappa shape index (κ1) is 12.0. The highest BCUT2D eigenvalue weighted by molar-refractivity contribution is 5.78. The summed E-state index contributed by atoms with van der Waals surface area (Å²) in [5.74, 6) is 0.675. The number of hydrogen-bond acceptors (Lipinski definition) is 3. The van der Waals surface area contributed by atoms with Crippen molar-refractivity contribution in [3.8, 4) is 0 Å². The summed E-state index contributed by atoms with van der Waals surface area (Å²) >= 11 is 0. The minimum atomic E-state index is 0.0793. The lowest BCUT2D eigenvalue weighted by atomic mass is 9.94. The Labute approximate surface area is 102 Å². The SMILES string of the molecule is CC(C)C(=O)N1CCCC(c2cnccn2)C1. The van der Waals surface area contributed by atoms with Crippen LogP contribution in [0.1, 0.15) is 38.3 Å². The Morgan fingerprint density at radius 1 is 1.47 bits per heavy atom. The minimum Gasteiger partial charge on any atom is -0.342 e. The van der Waals surface area contributed by atoms with E-state index in [0.717, 1.165) is 31.6 Å². The molecule has 0 N–H and O–H groups in total. The van der Waals surface area contributed by atoms with E-state index in [9.17, 15) is 4.79 Å².